The van der Waals surface area contributed by atoms with Gasteiger partial charge in [-0.25, -0.2) is 4.68 Å². The highest BCUT2D eigenvalue weighted by Gasteiger charge is 2.14. The molecule has 8 nitrogen and oxygen atoms in total. The van der Waals surface area contributed by atoms with Crippen LogP contribution in [0.15, 0.2) is 52.4 Å². The zero-order valence-electron chi connectivity index (χ0n) is 22.8. The lowest BCUT2D eigenvalue weighted by atomic mass is 10.1. The third-order valence-corrected chi connectivity index (χ3v) is 8.42. The van der Waals surface area contributed by atoms with Crippen molar-refractivity contribution >= 4 is 57.3 Å². The highest BCUT2D eigenvalue weighted by molar-refractivity contribution is 7.99. The highest BCUT2D eigenvalue weighted by atomic mass is 35.5. The number of rotatable bonds is 14. The average molecular weight is 602 g/mol. The summed E-state index contributed by atoms with van der Waals surface area (Å²) < 4.78 is 3.41. The molecule has 0 aliphatic carbocycles. The van der Waals surface area contributed by atoms with Crippen LogP contribution in [-0.4, -0.2) is 36.2 Å². The Balaban J connectivity index is 1.11. The molecule has 212 valence electrons. The Morgan fingerprint density at radius 2 is 1.62 bits per heavy atom. The van der Waals surface area contributed by atoms with Gasteiger partial charge in [0.25, 0.3) is 5.56 Å². The molecule has 0 saturated carbocycles. The van der Waals surface area contributed by atoms with Crippen molar-refractivity contribution in [3.63, 3.8) is 0 Å². The number of thioether (sulfide) groups is 1. The minimum absolute atomic E-state index is 0.0211. The van der Waals surface area contributed by atoms with Crippen LogP contribution in [0.2, 0.25) is 10.0 Å². The Morgan fingerprint density at radius 1 is 0.925 bits per heavy atom. The van der Waals surface area contributed by atoms with E-state index in [1.54, 1.807) is 37.0 Å². The Bertz CT molecular complexity index is 1520. The third-order valence-electron chi connectivity index (χ3n) is 6.77. The van der Waals surface area contributed by atoms with E-state index >= 15 is 0 Å². The molecule has 0 bridgehead atoms. The molecule has 11 heteroatoms. The van der Waals surface area contributed by atoms with E-state index in [9.17, 15) is 9.59 Å². The minimum Gasteiger partial charge on any atom is -0.325 e. The van der Waals surface area contributed by atoms with Gasteiger partial charge in [-0.05, 0) is 37.1 Å². The molecule has 0 radical (unpaired) electrons. The molecule has 2 heterocycles. The van der Waals surface area contributed by atoms with Gasteiger partial charge in [0.15, 0.2) is 5.16 Å². The first-order valence-corrected chi connectivity index (χ1v) is 15.3. The van der Waals surface area contributed by atoms with E-state index in [1.807, 2.05) is 35.9 Å². The van der Waals surface area contributed by atoms with Crippen LogP contribution in [0.4, 0.5) is 5.69 Å². The Hall–Kier alpha value is -2.88. The van der Waals surface area contributed by atoms with Gasteiger partial charge in [-0.15, -0.1) is 10.2 Å². The summed E-state index contributed by atoms with van der Waals surface area (Å²) in [6, 6.07) is 12.6. The summed E-state index contributed by atoms with van der Waals surface area (Å²) in [7, 11) is 3.65. The standard InChI is InChI=1S/C29H34Cl2N6O2S/c1-36-26(19-25-21-12-9-10-13-22(21)28(39)37(2)35-25)33-34-29(36)40-17-11-7-5-3-4-6-8-14-27(38)32-24-16-15-20(30)18-23(24)31/h9-10,12-13,15-16,18H,3-8,11,14,17,19H2,1-2H3,(H,32,38). The quantitative estimate of drug-likeness (QED) is 0.126. The SMILES string of the molecule is Cn1c(Cc2nn(C)c(=O)c3ccccc23)nnc1SCCCCCCCCCC(=O)Nc1ccc(Cl)cc1Cl. The highest BCUT2D eigenvalue weighted by Crippen LogP contribution is 2.26. The summed E-state index contributed by atoms with van der Waals surface area (Å²) >= 11 is 13.7. The predicted molar refractivity (Wildman–Crippen MR) is 164 cm³/mol. The number of hydrogen-bond donors (Lipinski definition) is 1. The molecule has 0 fully saturated rings. The lowest BCUT2D eigenvalue weighted by Crippen LogP contribution is -2.21. The first kappa shape index (κ1) is 30.1. The van der Waals surface area contributed by atoms with Gasteiger partial charge in [-0.3, -0.25) is 9.59 Å². The number of anilines is 1. The van der Waals surface area contributed by atoms with Crippen molar-refractivity contribution in [3.8, 4) is 0 Å². The maximum absolute atomic E-state index is 12.4. The number of unbranched alkanes of at least 4 members (excludes halogenated alkanes) is 6. The van der Waals surface area contributed by atoms with Crippen molar-refractivity contribution in [1.29, 1.82) is 0 Å². The van der Waals surface area contributed by atoms with Crippen molar-refractivity contribution in [2.75, 3.05) is 11.1 Å². The zero-order valence-corrected chi connectivity index (χ0v) is 25.2. The van der Waals surface area contributed by atoms with Gasteiger partial charge in [-0.2, -0.15) is 5.10 Å². The molecule has 0 saturated heterocycles. The van der Waals surface area contributed by atoms with Crippen molar-refractivity contribution < 1.29 is 4.79 Å². The Kier molecular flexibility index (Phi) is 11.0. The lowest BCUT2D eigenvalue weighted by Gasteiger charge is -2.08. The van der Waals surface area contributed by atoms with Crippen LogP contribution < -0.4 is 10.9 Å². The smallest absolute Gasteiger partial charge is 0.274 e. The van der Waals surface area contributed by atoms with Crippen molar-refractivity contribution in [3.05, 3.63) is 74.4 Å². The topological polar surface area (TPSA) is 94.7 Å². The molecule has 4 rings (SSSR count). The molecule has 0 aliphatic rings. The van der Waals surface area contributed by atoms with Crippen LogP contribution >= 0.6 is 35.0 Å². The van der Waals surface area contributed by atoms with E-state index in [4.69, 9.17) is 23.2 Å². The Labute approximate surface area is 248 Å². The molecule has 0 unspecified atom stereocenters. The van der Waals surface area contributed by atoms with Gasteiger partial charge in [0.2, 0.25) is 5.91 Å². The van der Waals surface area contributed by atoms with E-state index in [-0.39, 0.29) is 11.5 Å². The van der Waals surface area contributed by atoms with E-state index in [0.717, 1.165) is 53.5 Å². The molecular weight excluding hydrogens is 567 g/mol. The van der Waals surface area contributed by atoms with Crippen LogP contribution in [0.25, 0.3) is 10.8 Å². The fourth-order valence-corrected chi connectivity index (χ4v) is 5.90. The fraction of sp³-hybridized carbons (Fsp3) is 0.414. The molecule has 0 atom stereocenters. The summed E-state index contributed by atoms with van der Waals surface area (Å²) in [6.07, 6.45) is 8.67. The second-order valence-corrected chi connectivity index (χ2v) is 11.7. The van der Waals surface area contributed by atoms with Gasteiger partial charge in [0.1, 0.15) is 5.82 Å². The number of nitrogens with zero attached hydrogens (tertiary/aromatic N) is 5. The van der Waals surface area contributed by atoms with E-state index in [0.29, 0.717) is 34.0 Å². The van der Waals surface area contributed by atoms with Gasteiger partial charge in [0.05, 0.1) is 28.2 Å². The monoisotopic (exact) mass is 600 g/mol. The van der Waals surface area contributed by atoms with Crippen molar-refractivity contribution in [2.45, 2.75) is 62.9 Å². The number of benzene rings is 2. The molecule has 0 aliphatic heterocycles. The number of aromatic nitrogens is 5. The molecule has 1 amide bonds. The van der Waals surface area contributed by atoms with Crippen LogP contribution in [0.1, 0.15) is 62.9 Å². The zero-order chi connectivity index (χ0) is 28.5. The maximum Gasteiger partial charge on any atom is 0.274 e. The van der Waals surface area contributed by atoms with Crippen LogP contribution in [0, 0.1) is 0 Å². The van der Waals surface area contributed by atoms with E-state index in [1.165, 1.54) is 23.9 Å². The minimum atomic E-state index is -0.100. The summed E-state index contributed by atoms with van der Waals surface area (Å²) in [5.41, 5.74) is 1.31. The number of carbonyl (C=O) groups excluding carboxylic acids is 1. The first-order valence-electron chi connectivity index (χ1n) is 13.5. The lowest BCUT2D eigenvalue weighted by molar-refractivity contribution is -0.116. The van der Waals surface area contributed by atoms with Gasteiger partial charge in [-0.1, -0.05) is 85.3 Å². The molecule has 4 aromatic rings. The molecule has 2 aromatic heterocycles. The summed E-state index contributed by atoms with van der Waals surface area (Å²) in [5.74, 6) is 1.79. The van der Waals surface area contributed by atoms with Crippen molar-refractivity contribution in [1.82, 2.24) is 24.5 Å². The van der Waals surface area contributed by atoms with Crippen LogP contribution in [0.3, 0.4) is 0 Å². The number of carbonyl (C=O) groups is 1. The second kappa shape index (κ2) is 14.7. The molecule has 0 spiro atoms. The summed E-state index contributed by atoms with van der Waals surface area (Å²) in [6.45, 7) is 0. The first-order chi connectivity index (χ1) is 19.3. The fourth-order valence-electron chi connectivity index (χ4n) is 4.52. The second-order valence-electron chi connectivity index (χ2n) is 9.80. The number of amides is 1. The largest absolute Gasteiger partial charge is 0.325 e. The average Bonchev–Trinajstić information content (AvgIpc) is 3.28. The van der Waals surface area contributed by atoms with Crippen LogP contribution in [0.5, 0.6) is 0 Å². The van der Waals surface area contributed by atoms with Crippen LogP contribution in [-0.2, 0) is 25.3 Å². The van der Waals surface area contributed by atoms with Gasteiger partial charge in [0, 0.05) is 36.7 Å². The normalized spacial score (nSPS) is 11.3. The molecular formula is C29H34Cl2N6O2S. The number of halogens is 2. The van der Waals surface area contributed by atoms with Gasteiger partial charge >= 0.3 is 0 Å². The number of hydrogen-bond acceptors (Lipinski definition) is 6. The maximum atomic E-state index is 12.4. The number of nitrogens with one attached hydrogen (secondary N) is 1. The van der Waals surface area contributed by atoms with E-state index in [2.05, 4.69) is 20.6 Å². The molecule has 40 heavy (non-hydrogen) atoms. The number of fused-ring (bicyclic) bond motifs is 1. The molecule has 2 aromatic carbocycles. The van der Waals surface area contributed by atoms with E-state index < -0.39 is 0 Å². The third kappa shape index (κ3) is 8.08. The summed E-state index contributed by atoms with van der Waals surface area (Å²) in [4.78, 5) is 24.5. The van der Waals surface area contributed by atoms with Gasteiger partial charge < -0.3 is 9.88 Å². The van der Waals surface area contributed by atoms with Crippen molar-refractivity contribution in [2.24, 2.45) is 14.1 Å². The Morgan fingerprint density at radius 3 is 2.38 bits per heavy atom. The predicted octanol–water partition coefficient (Wildman–Crippen LogP) is 6.81. The summed E-state index contributed by atoms with van der Waals surface area (Å²) in [5, 5.41) is 19.5. The molecule has 1 N–H and O–H groups in total. The number of aryl methyl sites for hydroxylation is 1.